The van der Waals surface area contributed by atoms with Gasteiger partial charge in [-0.3, -0.25) is 9.59 Å². The molecule has 3 rings (SSSR count). The van der Waals surface area contributed by atoms with E-state index in [1.165, 1.54) is 6.92 Å². The number of ketones is 1. The Balaban J connectivity index is 2.48. The molecule has 2 atom stereocenters. The van der Waals surface area contributed by atoms with Gasteiger partial charge >= 0.3 is 5.97 Å². The van der Waals surface area contributed by atoms with Crippen LogP contribution in [0.1, 0.15) is 76.2 Å². The lowest BCUT2D eigenvalue weighted by molar-refractivity contribution is -0.146. The van der Waals surface area contributed by atoms with Crippen LogP contribution in [0, 0.1) is 5.41 Å². The van der Waals surface area contributed by atoms with E-state index in [9.17, 15) is 9.59 Å². The van der Waals surface area contributed by atoms with Crippen LogP contribution in [0.15, 0.2) is 11.1 Å². The molecule has 0 unspecified atom stereocenters. The number of alkyl halides is 1. The molecule has 0 radical (unpaired) electrons. The van der Waals surface area contributed by atoms with E-state index in [2.05, 4.69) is 29.8 Å². The van der Waals surface area contributed by atoms with E-state index in [0.29, 0.717) is 30.1 Å². The summed E-state index contributed by atoms with van der Waals surface area (Å²) in [5.74, 6) is 1.50. The molecule has 0 amide bonds. The summed E-state index contributed by atoms with van der Waals surface area (Å²) in [6.07, 6.45) is 0.901. The van der Waals surface area contributed by atoms with Crippen molar-refractivity contribution in [2.24, 2.45) is 5.41 Å². The van der Waals surface area contributed by atoms with Crippen molar-refractivity contribution in [1.29, 1.82) is 0 Å². The topological polar surface area (TPSA) is 71.1 Å². The summed E-state index contributed by atoms with van der Waals surface area (Å²) >= 11 is 3.84. The lowest BCUT2D eigenvalue weighted by atomic mass is 9.70. The highest BCUT2D eigenvalue weighted by Crippen LogP contribution is 2.57. The maximum Gasteiger partial charge on any atom is 0.303 e. The summed E-state index contributed by atoms with van der Waals surface area (Å²) in [5, 5.41) is 0. The number of allylic oxidation sites excluding steroid dienone is 1. The maximum atomic E-state index is 13.1. The van der Waals surface area contributed by atoms with Gasteiger partial charge in [-0.05, 0) is 23.3 Å². The second kappa shape index (κ2) is 9.08. The molecule has 0 aromatic heterocycles. The molecule has 0 aliphatic heterocycles. The average Bonchev–Trinajstić information content (AvgIpc) is 2.84. The number of carbonyl (C=O) groups excluding carboxylic acids is 2. The zero-order valence-corrected chi connectivity index (χ0v) is 21.8. The van der Waals surface area contributed by atoms with Crippen LogP contribution in [0.5, 0.6) is 17.2 Å². The van der Waals surface area contributed by atoms with Gasteiger partial charge in [0.25, 0.3) is 0 Å². The number of esters is 1. The fraction of sp³-hybridized carbons (Fsp3) is 0.600. The first-order chi connectivity index (χ1) is 15.0. The minimum Gasteiger partial charge on any atom is -0.496 e. The molecule has 7 heteroatoms. The molecular weight excluding hydrogens is 476 g/mol. The zero-order chi connectivity index (χ0) is 24.0. The Hall–Kier alpha value is -2.02. The first kappa shape index (κ1) is 24.6. The van der Waals surface area contributed by atoms with Gasteiger partial charge in [-0.15, -0.1) is 0 Å². The van der Waals surface area contributed by atoms with Gasteiger partial charge in [0.15, 0.2) is 17.3 Å². The molecule has 0 saturated heterocycles. The molecule has 0 bridgehead atoms. The van der Waals surface area contributed by atoms with Crippen LogP contribution in [0.3, 0.4) is 0 Å². The number of ether oxygens (including phenoxy) is 4. The smallest absolute Gasteiger partial charge is 0.303 e. The minimum atomic E-state index is -0.688. The van der Waals surface area contributed by atoms with Crippen molar-refractivity contribution in [2.75, 3.05) is 21.3 Å². The van der Waals surface area contributed by atoms with Crippen LogP contribution in [0.4, 0.5) is 0 Å². The third-order valence-corrected chi connectivity index (χ3v) is 7.51. The van der Waals surface area contributed by atoms with Crippen LogP contribution in [0.2, 0.25) is 0 Å². The highest BCUT2D eigenvalue weighted by molar-refractivity contribution is 9.09. The number of hydrogen-bond acceptors (Lipinski definition) is 6. The minimum absolute atomic E-state index is 0.0507. The van der Waals surface area contributed by atoms with Gasteiger partial charge in [0.05, 0.1) is 26.2 Å². The van der Waals surface area contributed by atoms with Crippen molar-refractivity contribution in [3.63, 3.8) is 0 Å². The summed E-state index contributed by atoms with van der Waals surface area (Å²) in [5.41, 5.74) is 3.82. The van der Waals surface area contributed by atoms with Crippen LogP contribution in [0.25, 0.3) is 0 Å². The van der Waals surface area contributed by atoms with E-state index in [1.54, 1.807) is 21.3 Å². The molecule has 2 aliphatic carbocycles. The van der Waals surface area contributed by atoms with E-state index in [0.717, 1.165) is 34.3 Å². The number of carbonyl (C=O) groups is 2. The number of fused-ring (bicyclic) bond motifs is 1. The lowest BCUT2D eigenvalue weighted by Gasteiger charge is -2.38. The molecule has 0 heterocycles. The predicted molar refractivity (Wildman–Crippen MR) is 126 cm³/mol. The van der Waals surface area contributed by atoms with Crippen LogP contribution in [-0.2, 0) is 20.7 Å². The number of hydrogen-bond donors (Lipinski definition) is 0. The third-order valence-electron chi connectivity index (χ3n) is 6.57. The predicted octanol–water partition coefficient (Wildman–Crippen LogP) is 5.45. The Morgan fingerprint density at radius 1 is 1.06 bits per heavy atom. The number of rotatable bonds is 5. The van der Waals surface area contributed by atoms with Gasteiger partial charge in [-0.25, -0.2) is 0 Å². The van der Waals surface area contributed by atoms with Crippen molar-refractivity contribution in [2.45, 2.75) is 70.7 Å². The van der Waals surface area contributed by atoms with Crippen molar-refractivity contribution in [3.8, 4) is 17.2 Å². The molecular formula is C25H33BrO6. The normalized spacial score (nSPS) is 22.1. The molecule has 1 aromatic rings. The number of methoxy groups -OCH3 is 3. The summed E-state index contributed by atoms with van der Waals surface area (Å²) in [6, 6.07) is 0. The zero-order valence-electron chi connectivity index (χ0n) is 20.2. The van der Waals surface area contributed by atoms with Crippen molar-refractivity contribution >= 4 is 27.7 Å². The van der Waals surface area contributed by atoms with Crippen molar-refractivity contribution < 1.29 is 28.5 Å². The van der Waals surface area contributed by atoms with E-state index in [4.69, 9.17) is 18.9 Å². The summed E-state index contributed by atoms with van der Waals surface area (Å²) in [7, 11) is 4.80. The average molecular weight is 509 g/mol. The summed E-state index contributed by atoms with van der Waals surface area (Å²) in [4.78, 5) is 25.0. The number of benzene rings is 1. The van der Waals surface area contributed by atoms with E-state index in [-0.39, 0.29) is 21.9 Å². The number of Topliss-reactive ketones (excluding diaryl/α,β-unsaturated/α-hetero) is 1. The Labute approximate surface area is 198 Å². The largest absolute Gasteiger partial charge is 0.496 e. The fourth-order valence-electron chi connectivity index (χ4n) is 5.18. The van der Waals surface area contributed by atoms with E-state index < -0.39 is 12.1 Å². The first-order valence-electron chi connectivity index (χ1n) is 10.9. The Morgan fingerprint density at radius 2 is 1.66 bits per heavy atom. The van der Waals surface area contributed by atoms with Gasteiger partial charge in [0.2, 0.25) is 0 Å². The summed E-state index contributed by atoms with van der Waals surface area (Å²) < 4.78 is 23.5. The van der Waals surface area contributed by atoms with Gasteiger partial charge in [0.1, 0.15) is 11.9 Å². The summed E-state index contributed by atoms with van der Waals surface area (Å²) in [6.45, 7) is 9.76. The molecule has 6 nitrogen and oxygen atoms in total. The molecule has 0 saturated carbocycles. The van der Waals surface area contributed by atoms with Gasteiger partial charge in [0, 0.05) is 42.0 Å². The van der Waals surface area contributed by atoms with Crippen LogP contribution in [-0.4, -0.2) is 37.9 Å². The second-order valence-electron chi connectivity index (χ2n) is 9.37. The van der Waals surface area contributed by atoms with Gasteiger partial charge in [-0.2, -0.15) is 0 Å². The fourth-order valence-corrected chi connectivity index (χ4v) is 6.45. The molecule has 32 heavy (non-hydrogen) atoms. The second-order valence-corrected chi connectivity index (χ2v) is 10.4. The van der Waals surface area contributed by atoms with Gasteiger partial charge < -0.3 is 18.9 Å². The first-order valence-corrected chi connectivity index (χ1v) is 11.8. The van der Waals surface area contributed by atoms with Crippen molar-refractivity contribution in [3.05, 3.63) is 27.8 Å². The van der Waals surface area contributed by atoms with Crippen molar-refractivity contribution in [1.82, 2.24) is 0 Å². The Morgan fingerprint density at radius 3 is 2.16 bits per heavy atom. The number of halogens is 1. The SMILES string of the molecule is COc1c2c(c(OC)c(C(C)C)c1OC)[C@@H](OC(C)=O)[C@H](Br)C1=C(C2)C(=O)CCC1(C)C. The molecule has 176 valence electrons. The van der Waals surface area contributed by atoms with Crippen LogP contribution < -0.4 is 14.2 Å². The Kier molecular flexibility index (Phi) is 6.99. The quantitative estimate of drug-likeness (QED) is 0.389. The van der Waals surface area contributed by atoms with E-state index >= 15 is 0 Å². The molecule has 2 aliphatic rings. The van der Waals surface area contributed by atoms with E-state index in [1.807, 2.05) is 13.8 Å². The lowest BCUT2D eigenvalue weighted by Crippen LogP contribution is -2.33. The van der Waals surface area contributed by atoms with Gasteiger partial charge in [-0.1, -0.05) is 43.6 Å². The molecule has 0 spiro atoms. The monoisotopic (exact) mass is 508 g/mol. The van der Waals surface area contributed by atoms with Crippen LogP contribution >= 0.6 is 15.9 Å². The Bertz CT molecular complexity index is 975. The molecule has 0 fully saturated rings. The third kappa shape index (κ3) is 3.93. The maximum absolute atomic E-state index is 13.1. The molecule has 0 N–H and O–H groups in total. The highest BCUT2D eigenvalue weighted by atomic mass is 79.9. The standard InChI is InChI=1S/C25H33BrO6/c1-12(2)17-22(30-7)18-15(21(29-6)24(17)31-8)11-14-16(28)9-10-25(4,5)19(14)20(26)23(18)32-13(3)27/h12,20,23H,9-11H2,1-8H3/t20-,23-/m1/s1. The highest BCUT2D eigenvalue weighted by Gasteiger charge is 2.47. The molecule has 1 aromatic carbocycles.